The zero-order chi connectivity index (χ0) is 9.80. The van der Waals surface area contributed by atoms with Gasteiger partial charge in [0, 0.05) is 11.6 Å². The van der Waals surface area contributed by atoms with Crippen LogP contribution < -0.4 is 5.32 Å². The van der Waals surface area contributed by atoms with Gasteiger partial charge in [0.15, 0.2) is 0 Å². The molecular weight excluding hydrogens is 194 g/mol. The predicted molar refractivity (Wildman–Crippen MR) is 60.5 cm³/mol. The van der Waals surface area contributed by atoms with E-state index in [1.165, 1.54) is 24.8 Å². The lowest BCUT2D eigenvalue weighted by Crippen LogP contribution is -2.26. The molecule has 1 nitrogen and oxygen atoms in total. The van der Waals surface area contributed by atoms with Crippen molar-refractivity contribution in [3.05, 3.63) is 34.9 Å². The molecule has 0 spiro atoms. The summed E-state index contributed by atoms with van der Waals surface area (Å²) in [5, 5.41) is 4.33. The fourth-order valence-corrected chi connectivity index (χ4v) is 1.95. The Morgan fingerprint density at radius 2 is 2.07 bits per heavy atom. The smallest absolute Gasteiger partial charge is 0.0450 e. The number of rotatable bonds is 4. The van der Waals surface area contributed by atoms with Gasteiger partial charge in [-0.1, -0.05) is 36.2 Å². The van der Waals surface area contributed by atoms with Crippen LogP contribution in [0.1, 0.15) is 24.8 Å². The topological polar surface area (TPSA) is 12.0 Å². The average Bonchev–Trinajstić information content (AvgIpc) is 2.12. The van der Waals surface area contributed by atoms with Crippen LogP contribution in [0.4, 0.5) is 0 Å². The number of hydrogen-bond acceptors (Lipinski definition) is 1. The van der Waals surface area contributed by atoms with Gasteiger partial charge in [-0.15, -0.1) is 0 Å². The van der Waals surface area contributed by atoms with Gasteiger partial charge in [0.05, 0.1) is 0 Å². The van der Waals surface area contributed by atoms with Crippen molar-refractivity contribution >= 4 is 11.6 Å². The zero-order valence-electron chi connectivity index (χ0n) is 8.30. The first kappa shape index (κ1) is 10.0. The molecule has 1 aliphatic carbocycles. The third-order valence-electron chi connectivity index (χ3n) is 2.93. The summed E-state index contributed by atoms with van der Waals surface area (Å²) in [6.45, 7) is 2.04. The summed E-state index contributed by atoms with van der Waals surface area (Å²) in [6, 6.07) is 8.03. The van der Waals surface area contributed by atoms with Crippen molar-refractivity contribution in [2.45, 2.75) is 25.8 Å². The van der Waals surface area contributed by atoms with Crippen LogP contribution >= 0.6 is 11.6 Å². The molecule has 0 atom stereocenters. The fraction of sp³-hybridized carbons (Fsp3) is 0.500. The van der Waals surface area contributed by atoms with Crippen LogP contribution in [0.5, 0.6) is 0 Å². The summed E-state index contributed by atoms with van der Waals surface area (Å²) >= 11 is 6.05. The van der Waals surface area contributed by atoms with E-state index in [0.29, 0.717) is 0 Å². The van der Waals surface area contributed by atoms with E-state index >= 15 is 0 Å². The van der Waals surface area contributed by atoms with Crippen LogP contribution in [0.25, 0.3) is 0 Å². The SMILES string of the molecule is Clc1ccccc1CNCC1CCC1. The van der Waals surface area contributed by atoms with E-state index in [2.05, 4.69) is 11.4 Å². The molecule has 0 aromatic heterocycles. The van der Waals surface area contributed by atoms with E-state index in [9.17, 15) is 0 Å². The van der Waals surface area contributed by atoms with Crippen molar-refractivity contribution in [2.75, 3.05) is 6.54 Å². The summed E-state index contributed by atoms with van der Waals surface area (Å²) in [7, 11) is 0. The second-order valence-corrected chi connectivity index (χ2v) is 4.43. The molecule has 0 radical (unpaired) electrons. The van der Waals surface area contributed by atoms with Gasteiger partial charge < -0.3 is 5.32 Å². The number of benzene rings is 1. The Morgan fingerprint density at radius 3 is 2.71 bits per heavy atom. The molecule has 0 heterocycles. The molecule has 14 heavy (non-hydrogen) atoms. The van der Waals surface area contributed by atoms with Crippen molar-refractivity contribution < 1.29 is 0 Å². The standard InChI is InChI=1S/C12H16ClN/c13-12-7-2-1-6-11(12)9-14-8-10-4-3-5-10/h1-2,6-7,10,14H,3-5,8-9H2. The maximum Gasteiger partial charge on any atom is 0.0450 e. The number of nitrogens with one attached hydrogen (secondary N) is 1. The number of halogens is 1. The first-order valence-electron chi connectivity index (χ1n) is 5.30. The highest BCUT2D eigenvalue weighted by atomic mass is 35.5. The van der Waals surface area contributed by atoms with Gasteiger partial charge in [0.25, 0.3) is 0 Å². The Labute approximate surface area is 90.5 Å². The van der Waals surface area contributed by atoms with Crippen LogP contribution in [0.3, 0.4) is 0 Å². The molecule has 76 valence electrons. The van der Waals surface area contributed by atoms with Crippen LogP contribution in [-0.2, 0) is 6.54 Å². The normalized spacial score (nSPS) is 16.6. The molecule has 1 aliphatic rings. The summed E-state index contributed by atoms with van der Waals surface area (Å²) in [5.74, 6) is 0.914. The van der Waals surface area contributed by atoms with E-state index in [0.717, 1.165) is 24.0 Å². The van der Waals surface area contributed by atoms with Crippen LogP contribution in [0, 0.1) is 5.92 Å². The van der Waals surface area contributed by atoms with Crippen molar-refractivity contribution in [1.29, 1.82) is 0 Å². The average molecular weight is 210 g/mol. The molecule has 2 rings (SSSR count). The van der Waals surface area contributed by atoms with Gasteiger partial charge >= 0.3 is 0 Å². The van der Waals surface area contributed by atoms with Crippen molar-refractivity contribution in [2.24, 2.45) is 5.92 Å². The zero-order valence-corrected chi connectivity index (χ0v) is 9.06. The molecule has 1 saturated carbocycles. The van der Waals surface area contributed by atoms with Gasteiger partial charge in [-0.05, 0) is 36.9 Å². The molecule has 1 aromatic carbocycles. The van der Waals surface area contributed by atoms with Gasteiger partial charge in [-0.25, -0.2) is 0 Å². The molecule has 1 aromatic rings. The van der Waals surface area contributed by atoms with Gasteiger partial charge in [0.2, 0.25) is 0 Å². The highest BCUT2D eigenvalue weighted by Gasteiger charge is 2.16. The lowest BCUT2D eigenvalue weighted by Gasteiger charge is -2.25. The Kier molecular flexibility index (Phi) is 3.44. The third-order valence-corrected chi connectivity index (χ3v) is 3.30. The van der Waals surface area contributed by atoms with E-state index in [1.807, 2.05) is 18.2 Å². The van der Waals surface area contributed by atoms with E-state index < -0.39 is 0 Å². The molecule has 0 bridgehead atoms. The van der Waals surface area contributed by atoms with Gasteiger partial charge in [-0.2, -0.15) is 0 Å². The minimum Gasteiger partial charge on any atom is -0.312 e. The Morgan fingerprint density at radius 1 is 1.29 bits per heavy atom. The van der Waals surface area contributed by atoms with E-state index in [-0.39, 0.29) is 0 Å². The quantitative estimate of drug-likeness (QED) is 0.803. The van der Waals surface area contributed by atoms with Crippen molar-refractivity contribution in [3.8, 4) is 0 Å². The summed E-state index contributed by atoms with van der Waals surface area (Å²) in [6.07, 6.45) is 4.21. The second-order valence-electron chi connectivity index (χ2n) is 4.02. The minimum atomic E-state index is 0.869. The molecule has 0 saturated heterocycles. The highest BCUT2D eigenvalue weighted by Crippen LogP contribution is 2.25. The van der Waals surface area contributed by atoms with Crippen LogP contribution in [0.2, 0.25) is 5.02 Å². The Hall–Kier alpha value is -0.530. The van der Waals surface area contributed by atoms with E-state index in [4.69, 9.17) is 11.6 Å². The summed E-state index contributed by atoms with van der Waals surface area (Å²) < 4.78 is 0. The molecule has 0 amide bonds. The van der Waals surface area contributed by atoms with Gasteiger partial charge in [0.1, 0.15) is 0 Å². The van der Waals surface area contributed by atoms with Crippen LogP contribution in [-0.4, -0.2) is 6.54 Å². The molecule has 1 N–H and O–H groups in total. The van der Waals surface area contributed by atoms with Crippen molar-refractivity contribution in [1.82, 2.24) is 5.32 Å². The first-order chi connectivity index (χ1) is 6.86. The summed E-state index contributed by atoms with van der Waals surface area (Å²) in [4.78, 5) is 0. The number of hydrogen-bond donors (Lipinski definition) is 1. The van der Waals surface area contributed by atoms with Gasteiger partial charge in [-0.3, -0.25) is 0 Å². The third kappa shape index (κ3) is 2.49. The highest BCUT2D eigenvalue weighted by molar-refractivity contribution is 6.31. The lowest BCUT2D eigenvalue weighted by molar-refractivity contribution is 0.301. The molecule has 0 unspecified atom stereocenters. The lowest BCUT2D eigenvalue weighted by atomic mass is 9.85. The maximum atomic E-state index is 6.05. The van der Waals surface area contributed by atoms with Crippen LogP contribution in [0.15, 0.2) is 24.3 Å². The molecule has 0 aliphatic heterocycles. The summed E-state index contributed by atoms with van der Waals surface area (Å²) in [5.41, 5.74) is 1.20. The van der Waals surface area contributed by atoms with E-state index in [1.54, 1.807) is 0 Å². The predicted octanol–water partition coefficient (Wildman–Crippen LogP) is 3.23. The molecule has 2 heteroatoms. The minimum absolute atomic E-state index is 0.869. The maximum absolute atomic E-state index is 6.05. The largest absolute Gasteiger partial charge is 0.312 e. The first-order valence-corrected chi connectivity index (χ1v) is 5.68. The molecular formula is C12H16ClN. The fourth-order valence-electron chi connectivity index (χ4n) is 1.75. The molecule has 1 fully saturated rings. The monoisotopic (exact) mass is 209 g/mol. The Balaban J connectivity index is 1.76. The Bertz CT molecular complexity index is 294. The second kappa shape index (κ2) is 4.81. The van der Waals surface area contributed by atoms with Crippen molar-refractivity contribution in [3.63, 3.8) is 0 Å².